The first-order valence-corrected chi connectivity index (χ1v) is 7.69. The van der Waals surface area contributed by atoms with Crippen LogP contribution in [-0.4, -0.2) is 24.7 Å². The lowest BCUT2D eigenvalue weighted by molar-refractivity contribution is -0.153. The Balaban J connectivity index is 0.00000208. The topological polar surface area (TPSA) is 64.4 Å². The molecule has 1 aromatic carbocycles. The molecule has 0 spiro atoms. The van der Waals surface area contributed by atoms with E-state index >= 15 is 0 Å². The molecule has 8 heteroatoms. The first-order chi connectivity index (χ1) is 10.8. The quantitative estimate of drug-likeness (QED) is 0.861. The highest BCUT2D eigenvalue weighted by Crippen LogP contribution is 2.47. The van der Waals surface area contributed by atoms with Crippen molar-refractivity contribution < 1.29 is 22.7 Å². The predicted molar refractivity (Wildman–Crippen MR) is 86.2 cm³/mol. The summed E-state index contributed by atoms with van der Waals surface area (Å²) in [5, 5.41) is 2.80. The van der Waals surface area contributed by atoms with E-state index in [1.807, 2.05) is 0 Å². The first kappa shape index (κ1) is 18.9. The highest BCUT2D eigenvalue weighted by Gasteiger charge is 2.49. The van der Waals surface area contributed by atoms with Gasteiger partial charge in [0.15, 0.2) is 6.61 Å². The number of anilines is 1. The Labute approximate surface area is 144 Å². The number of ether oxygens (including phenoxy) is 1. The van der Waals surface area contributed by atoms with Crippen LogP contribution >= 0.6 is 12.4 Å². The van der Waals surface area contributed by atoms with Crippen LogP contribution in [0.2, 0.25) is 0 Å². The molecule has 1 aromatic rings. The third-order valence-corrected chi connectivity index (χ3v) is 4.81. The average molecular weight is 365 g/mol. The largest absolute Gasteiger partial charge is 0.484 e. The van der Waals surface area contributed by atoms with Crippen LogP contribution < -0.4 is 15.8 Å². The predicted octanol–water partition coefficient (Wildman–Crippen LogP) is 3.36. The van der Waals surface area contributed by atoms with Crippen molar-refractivity contribution in [3.63, 3.8) is 0 Å². The molecule has 0 aliphatic heterocycles. The molecule has 2 fully saturated rings. The fourth-order valence-corrected chi connectivity index (χ4v) is 3.75. The molecule has 134 valence electrons. The molecule has 4 unspecified atom stereocenters. The van der Waals surface area contributed by atoms with Crippen LogP contribution in [0.3, 0.4) is 0 Å². The van der Waals surface area contributed by atoms with E-state index in [1.165, 1.54) is 24.3 Å². The van der Waals surface area contributed by atoms with Crippen LogP contribution in [0.4, 0.5) is 18.9 Å². The maximum atomic E-state index is 12.4. The molecule has 2 aliphatic rings. The Morgan fingerprint density at radius 3 is 2.38 bits per heavy atom. The minimum Gasteiger partial charge on any atom is -0.484 e. The van der Waals surface area contributed by atoms with E-state index in [0.717, 1.165) is 19.3 Å². The zero-order chi connectivity index (χ0) is 16.6. The van der Waals surface area contributed by atoms with Gasteiger partial charge in [-0.05, 0) is 55.4 Å². The van der Waals surface area contributed by atoms with Crippen molar-refractivity contribution in [3.05, 3.63) is 24.3 Å². The van der Waals surface area contributed by atoms with Crippen molar-refractivity contribution in [3.8, 4) is 5.75 Å². The molecule has 2 aliphatic carbocycles. The Hall–Kier alpha value is -1.47. The highest BCUT2D eigenvalue weighted by molar-refractivity contribution is 5.93. The Morgan fingerprint density at radius 1 is 1.21 bits per heavy atom. The number of alkyl halides is 3. The zero-order valence-corrected chi connectivity index (χ0v) is 13.7. The molecule has 0 saturated heterocycles. The number of rotatable bonds is 4. The number of nitrogens with one attached hydrogen (secondary N) is 1. The number of fused-ring (bicyclic) bond motifs is 2. The summed E-state index contributed by atoms with van der Waals surface area (Å²) in [4.78, 5) is 12.4. The average Bonchev–Trinajstić information content (AvgIpc) is 3.06. The fraction of sp³-hybridized carbons (Fsp3) is 0.562. The number of carbonyl (C=O) groups excluding carboxylic acids is 1. The molecule has 0 aromatic heterocycles. The van der Waals surface area contributed by atoms with Gasteiger partial charge < -0.3 is 15.8 Å². The van der Waals surface area contributed by atoms with Gasteiger partial charge in [-0.15, -0.1) is 12.4 Å². The van der Waals surface area contributed by atoms with Crippen LogP contribution in [0.15, 0.2) is 24.3 Å². The minimum absolute atomic E-state index is 0. The van der Waals surface area contributed by atoms with E-state index in [2.05, 4.69) is 10.1 Å². The van der Waals surface area contributed by atoms with Gasteiger partial charge in [0.05, 0.1) is 5.92 Å². The van der Waals surface area contributed by atoms with Gasteiger partial charge in [-0.25, -0.2) is 0 Å². The first-order valence-electron chi connectivity index (χ1n) is 7.69. The van der Waals surface area contributed by atoms with Crippen molar-refractivity contribution in [1.29, 1.82) is 0 Å². The molecule has 0 heterocycles. The van der Waals surface area contributed by atoms with E-state index in [0.29, 0.717) is 17.5 Å². The van der Waals surface area contributed by atoms with E-state index in [4.69, 9.17) is 5.73 Å². The van der Waals surface area contributed by atoms with Crippen LogP contribution in [0.25, 0.3) is 0 Å². The maximum absolute atomic E-state index is 12.4. The Bertz CT molecular complexity index is 578. The van der Waals surface area contributed by atoms with E-state index in [9.17, 15) is 18.0 Å². The third-order valence-electron chi connectivity index (χ3n) is 4.81. The second kappa shape index (κ2) is 7.19. The molecule has 3 rings (SSSR count). The number of hydrogen-bond acceptors (Lipinski definition) is 3. The molecule has 0 radical (unpaired) electrons. The van der Waals surface area contributed by atoms with Crippen molar-refractivity contribution in [1.82, 2.24) is 0 Å². The number of halogens is 4. The lowest BCUT2D eigenvalue weighted by atomic mass is 9.84. The van der Waals surface area contributed by atoms with E-state index in [-0.39, 0.29) is 36.0 Å². The second-order valence-corrected chi connectivity index (χ2v) is 6.35. The van der Waals surface area contributed by atoms with Gasteiger partial charge in [-0.1, -0.05) is 0 Å². The monoisotopic (exact) mass is 364 g/mol. The van der Waals surface area contributed by atoms with Crippen molar-refractivity contribution in [2.75, 3.05) is 11.9 Å². The number of hydrogen-bond donors (Lipinski definition) is 2. The Kier molecular flexibility index (Phi) is 5.65. The summed E-state index contributed by atoms with van der Waals surface area (Å²) in [6, 6.07) is 5.78. The molecule has 2 bridgehead atoms. The number of amides is 1. The SMILES string of the molecule is Cl.NC1C2CCC(C2)C1C(=O)Nc1ccc(OCC(F)(F)F)cc1. The van der Waals surface area contributed by atoms with Crippen LogP contribution in [-0.2, 0) is 4.79 Å². The highest BCUT2D eigenvalue weighted by atomic mass is 35.5. The Morgan fingerprint density at radius 2 is 1.83 bits per heavy atom. The summed E-state index contributed by atoms with van der Waals surface area (Å²) in [6.45, 7) is -1.33. The molecule has 24 heavy (non-hydrogen) atoms. The lowest BCUT2D eigenvalue weighted by Gasteiger charge is -2.27. The van der Waals surface area contributed by atoms with Crippen LogP contribution in [0, 0.1) is 17.8 Å². The van der Waals surface area contributed by atoms with Crippen LogP contribution in [0.1, 0.15) is 19.3 Å². The van der Waals surface area contributed by atoms with Gasteiger partial charge in [0, 0.05) is 11.7 Å². The van der Waals surface area contributed by atoms with Gasteiger partial charge in [-0.3, -0.25) is 4.79 Å². The summed E-state index contributed by atoms with van der Waals surface area (Å²) in [6.07, 6.45) is -1.21. The van der Waals surface area contributed by atoms with Gasteiger partial charge in [0.25, 0.3) is 0 Å². The molecule has 2 saturated carbocycles. The van der Waals surface area contributed by atoms with E-state index in [1.54, 1.807) is 0 Å². The number of benzene rings is 1. The van der Waals surface area contributed by atoms with Crippen molar-refractivity contribution >= 4 is 24.0 Å². The molecule has 4 nitrogen and oxygen atoms in total. The van der Waals surface area contributed by atoms with E-state index < -0.39 is 12.8 Å². The fourth-order valence-electron chi connectivity index (χ4n) is 3.75. The van der Waals surface area contributed by atoms with Gasteiger partial charge in [-0.2, -0.15) is 13.2 Å². The molecule has 4 atom stereocenters. The summed E-state index contributed by atoms with van der Waals surface area (Å²) in [5.41, 5.74) is 6.67. The van der Waals surface area contributed by atoms with Gasteiger partial charge >= 0.3 is 6.18 Å². The molecule has 3 N–H and O–H groups in total. The number of nitrogens with two attached hydrogens (primary N) is 1. The minimum atomic E-state index is -4.37. The van der Waals surface area contributed by atoms with Crippen LogP contribution in [0.5, 0.6) is 5.75 Å². The molecular formula is C16H20ClF3N2O2. The summed E-state index contributed by atoms with van der Waals surface area (Å²) in [5.74, 6) is 0.624. The zero-order valence-electron chi connectivity index (χ0n) is 12.9. The van der Waals surface area contributed by atoms with Gasteiger partial charge in [0.2, 0.25) is 5.91 Å². The standard InChI is InChI=1S/C16H19F3N2O2.ClH/c17-16(18,19)8-23-12-5-3-11(4-6-12)21-15(22)13-9-1-2-10(7-9)14(13)20;/h3-6,9-10,13-14H,1-2,7-8,20H2,(H,21,22);1H. The smallest absolute Gasteiger partial charge is 0.422 e. The second-order valence-electron chi connectivity index (χ2n) is 6.35. The number of carbonyl (C=O) groups is 1. The van der Waals surface area contributed by atoms with Crippen molar-refractivity contribution in [2.45, 2.75) is 31.5 Å². The van der Waals surface area contributed by atoms with Crippen molar-refractivity contribution in [2.24, 2.45) is 23.5 Å². The third kappa shape index (κ3) is 4.13. The summed E-state index contributed by atoms with van der Waals surface area (Å²) in [7, 11) is 0. The summed E-state index contributed by atoms with van der Waals surface area (Å²) < 4.78 is 40.9. The van der Waals surface area contributed by atoms with Gasteiger partial charge in [0.1, 0.15) is 5.75 Å². The molecule has 1 amide bonds. The molecular weight excluding hydrogens is 345 g/mol. The normalized spacial score (nSPS) is 28.3. The summed E-state index contributed by atoms with van der Waals surface area (Å²) >= 11 is 0. The maximum Gasteiger partial charge on any atom is 0.422 e. The lowest BCUT2D eigenvalue weighted by Crippen LogP contribution is -2.42.